The highest BCUT2D eigenvalue weighted by Crippen LogP contribution is 2.34. The van der Waals surface area contributed by atoms with Crippen LogP contribution in [0.3, 0.4) is 0 Å². The largest absolute Gasteiger partial charge is 0.373 e. The van der Waals surface area contributed by atoms with Gasteiger partial charge in [-0.3, -0.25) is 9.59 Å². The Balaban J connectivity index is 2.45. The van der Waals surface area contributed by atoms with Crippen molar-refractivity contribution in [2.75, 3.05) is 19.8 Å². The van der Waals surface area contributed by atoms with E-state index in [9.17, 15) is 9.59 Å². The minimum atomic E-state index is -0.0517. The standard InChI is InChI=1S/C16H19NO2S/c1-4-5-10-20-16-13(17(2)3)14(18)11-8-6-7-9-12(11)15(16)19/h6-9H,4-5,10H2,1-3H3. The van der Waals surface area contributed by atoms with Gasteiger partial charge in [-0.1, -0.05) is 37.6 Å². The zero-order valence-electron chi connectivity index (χ0n) is 12.1. The molecule has 20 heavy (non-hydrogen) atoms. The van der Waals surface area contributed by atoms with Gasteiger partial charge in [0.05, 0.1) is 4.91 Å². The van der Waals surface area contributed by atoms with E-state index in [-0.39, 0.29) is 11.6 Å². The summed E-state index contributed by atoms with van der Waals surface area (Å²) in [6.45, 7) is 2.12. The van der Waals surface area contributed by atoms with E-state index in [2.05, 4.69) is 6.92 Å². The quantitative estimate of drug-likeness (QED) is 0.779. The molecule has 0 saturated heterocycles. The van der Waals surface area contributed by atoms with Crippen LogP contribution in [0.1, 0.15) is 40.5 Å². The van der Waals surface area contributed by atoms with Gasteiger partial charge in [-0.15, -0.1) is 11.8 Å². The lowest BCUT2D eigenvalue weighted by atomic mass is 9.92. The van der Waals surface area contributed by atoms with Gasteiger partial charge in [0, 0.05) is 25.2 Å². The van der Waals surface area contributed by atoms with Gasteiger partial charge in [0.1, 0.15) is 5.70 Å². The SMILES string of the molecule is CCCCSC1=C(N(C)C)C(=O)c2ccccc2C1=O. The lowest BCUT2D eigenvalue weighted by Gasteiger charge is -2.25. The molecule has 3 nitrogen and oxygen atoms in total. The summed E-state index contributed by atoms with van der Waals surface area (Å²) in [4.78, 5) is 27.5. The van der Waals surface area contributed by atoms with Crippen LogP contribution < -0.4 is 0 Å². The molecule has 0 saturated carbocycles. The van der Waals surface area contributed by atoms with Crippen LogP contribution in [0.5, 0.6) is 0 Å². The summed E-state index contributed by atoms with van der Waals surface area (Å²) in [6, 6.07) is 7.07. The minimum absolute atomic E-state index is 0.0231. The van der Waals surface area contributed by atoms with Crippen LogP contribution in [0.2, 0.25) is 0 Å². The van der Waals surface area contributed by atoms with E-state index in [1.54, 1.807) is 29.2 Å². The number of unbranched alkanes of at least 4 members (excludes halogenated alkanes) is 1. The molecule has 1 aromatic rings. The monoisotopic (exact) mass is 289 g/mol. The summed E-state index contributed by atoms with van der Waals surface area (Å²) in [5.41, 5.74) is 1.57. The van der Waals surface area contributed by atoms with Crippen LogP contribution in [-0.2, 0) is 0 Å². The number of likely N-dealkylation sites (N-methyl/N-ethyl adjacent to an activating group) is 1. The number of carbonyl (C=O) groups excluding carboxylic acids is 2. The van der Waals surface area contributed by atoms with E-state index in [0.29, 0.717) is 21.7 Å². The number of allylic oxidation sites excluding steroid dienone is 2. The third kappa shape index (κ3) is 2.66. The van der Waals surface area contributed by atoms with Crippen molar-refractivity contribution in [2.45, 2.75) is 19.8 Å². The third-order valence-electron chi connectivity index (χ3n) is 3.24. The number of benzene rings is 1. The summed E-state index contributed by atoms with van der Waals surface area (Å²) in [7, 11) is 3.63. The molecule has 1 aliphatic carbocycles. The first kappa shape index (κ1) is 14.9. The van der Waals surface area contributed by atoms with Gasteiger partial charge < -0.3 is 4.90 Å². The van der Waals surface area contributed by atoms with Crippen molar-refractivity contribution in [1.29, 1.82) is 0 Å². The number of nitrogens with zero attached hydrogens (tertiary/aromatic N) is 1. The highest BCUT2D eigenvalue weighted by atomic mass is 32.2. The maximum atomic E-state index is 12.6. The average Bonchev–Trinajstić information content (AvgIpc) is 2.44. The Bertz CT molecular complexity index is 576. The first-order valence-corrected chi connectivity index (χ1v) is 7.79. The number of hydrogen-bond donors (Lipinski definition) is 0. The molecule has 0 bridgehead atoms. The van der Waals surface area contributed by atoms with Crippen LogP contribution in [0.15, 0.2) is 34.9 Å². The number of hydrogen-bond acceptors (Lipinski definition) is 4. The Labute approximate surface area is 124 Å². The first-order valence-electron chi connectivity index (χ1n) is 6.80. The molecule has 0 fully saturated rings. The summed E-state index contributed by atoms with van der Waals surface area (Å²) in [5, 5.41) is 0. The van der Waals surface area contributed by atoms with E-state index in [0.717, 1.165) is 18.6 Å². The van der Waals surface area contributed by atoms with Crippen molar-refractivity contribution in [2.24, 2.45) is 0 Å². The molecule has 0 N–H and O–H groups in total. The van der Waals surface area contributed by atoms with Crippen molar-refractivity contribution >= 4 is 23.3 Å². The van der Waals surface area contributed by atoms with E-state index in [1.807, 2.05) is 14.1 Å². The third-order valence-corrected chi connectivity index (χ3v) is 4.40. The van der Waals surface area contributed by atoms with Crippen LogP contribution >= 0.6 is 11.8 Å². The second-order valence-corrected chi connectivity index (χ2v) is 6.08. The van der Waals surface area contributed by atoms with Crippen LogP contribution in [0.4, 0.5) is 0 Å². The number of rotatable bonds is 5. The molecular weight excluding hydrogens is 270 g/mol. The molecule has 106 valence electrons. The van der Waals surface area contributed by atoms with Crippen LogP contribution in [0, 0.1) is 0 Å². The topological polar surface area (TPSA) is 37.4 Å². The maximum Gasteiger partial charge on any atom is 0.211 e. The normalized spacial score (nSPS) is 14.6. The molecule has 0 aromatic heterocycles. The van der Waals surface area contributed by atoms with Gasteiger partial charge in [0.15, 0.2) is 0 Å². The average molecular weight is 289 g/mol. The van der Waals surface area contributed by atoms with Gasteiger partial charge in [0.2, 0.25) is 11.6 Å². The van der Waals surface area contributed by atoms with Crippen molar-refractivity contribution < 1.29 is 9.59 Å². The van der Waals surface area contributed by atoms with Crippen molar-refractivity contribution in [3.05, 3.63) is 46.0 Å². The van der Waals surface area contributed by atoms with Gasteiger partial charge in [-0.2, -0.15) is 0 Å². The number of Topliss-reactive ketones (excluding diaryl/α,β-unsaturated/α-hetero) is 2. The van der Waals surface area contributed by atoms with Crippen molar-refractivity contribution in [3.8, 4) is 0 Å². The Hall–Kier alpha value is -1.55. The second-order valence-electron chi connectivity index (χ2n) is 4.98. The molecule has 0 heterocycles. The molecule has 0 aliphatic heterocycles. The molecule has 0 radical (unpaired) electrons. The fourth-order valence-electron chi connectivity index (χ4n) is 2.20. The van der Waals surface area contributed by atoms with Gasteiger partial charge in [0.25, 0.3) is 0 Å². The maximum absolute atomic E-state index is 12.6. The second kappa shape index (κ2) is 6.27. The Morgan fingerprint density at radius 2 is 1.65 bits per heavy atom. The molecule has 1 aromatic carbocycles. The predicted octanol–water partition coefficient (Wildman–Crippen LogP) is 3.37. The minimum Gasteiger partial charge on any atom is -0.373 e. The molecule has 2 rings (SSSR count). The van der Waals surface area contributed by atoms with Gasteiger partial charge in [-0.05, 0) is 12.2 Å². The smallest absolute Gasteiger partial charge is 0.211 e. The molecule has 4 heteroatoms. The molecule has 0 spiro atoms. The lowest BCUT2D eigenvalue weighted by Crippen LogP contribution is -2.29. The summed E-state index contributed by atoms with van der Waals surface area (Å²) >= 11 is 1.50. The van der Waals surface area contributed by atoms with Crippen LogP contribution in [0.25, 0.3) is 0 Å². The Kier molecular flexibility index (Phi) is 4.65. The van der Waals surface area contributed by atoms with E-state index < -0.39 is 0 Å². The molecular formula is C16H19NO2S. The number of fused-ring (bicyclic) bond motifs is 1. The fraction of sp³-hybridized carbons (Fsp3) is 0.375. The molecule has 0 amide bonds. The van der Waals surface area contributed by atoms with Gasteiger partial charge >= 0.3 is 0 Å². The van der Waals surface area contributed by atoms with E-state index >= 15 is 0 Å². The first-order chi connectivity index (χ1) is 9.57. The number of ketones is 2. The molecule has 0 unspecified atom stereocenters. The highest BCUT2D eigenvalue weighted by Gasteiger charge is 2.33. The fourth-order valence-corrected chi connectivity index (χ4v) is 3.49. The van der Waals surface area contributed by atoms with Crippen molar-refractivity contribution in [1.82, 2.24) is 4.90 Å². The lowest BCUT2D eigenvalue weighted by molar-refractivity contribution is 0.0959. The summed E-state index contributed by atoms with van der Waals surface area (Å²) in [5.74, 6) is 0.791. The Morgan fingerprint density at radius 3 is 2.20 bits per heavy atom. The zero-order valence-corrected chi connectivity index (χ0v) is 12.9. The van der Waals surface area contributed by atoms with E-state index in [4.69, 9.17) is 0 Å². The number of thioether (sulfide) groups is 1. The molecule has 1 aliphatic rings. The summed E-state index contributed by atoms with van der Waals surface area (Å²) < 4.78 is 0. The van der Waals surface area contributed by atoms with Crippen LogP contribution in [-0.4, -0.2) is 36.3 Å². The summed E-state index contributed by atoms with van der Waals surface area (Å²) in [6.07, 6.45) is 2.12. The van der Waals surface area contributed by atoms with Gasteiger partial charge in [-0.25, -0.2) is 0 Å². The molecule has 0 atom stereocenters. The Morgan fingerprint density at radius 1 is 1.05 bits per heavy atom. The predicted molar refractivity (Wildman–Crippen MR) is 83.2 cm³/mol. The number of carbonyl (C=O) groups is 2. The van der Waals surface area contributed by atoms with E-state index in [1.165, 1.54) is 11.8 Å². The zero-order chi connectivity index (χ0) is 14.7. The van der Waals surface area contributed by atoms with Crippen molar-refractivity contribution in [3.63, 3.8) is 0 Å². The highest BCUT2D eigenvalue weighted by molar-refractivity contribution is 8.04.